The Morgan fingerprint density at radius 1 is 1.33 bits per heavy atom. The van der Waals surface area contributed by atoms with Crippen LogP contribution in [0.2, 0.25) is 0 Å². The smallest absolute Gasteiger partial charge is 0.278 e. The maximum Gasteiger partial charge on any atom is 0.278 e. The minimum absolute atomic E-state index is 0.0758. The molecular formula is C15H13N3O2S. The summed E-state index contributed by atoms with van der Waals surface area (Å²) in [5.41, 5.74) is 2.68. The average Bonchev–Trinajstić information content (AvgIpc) is 3.01. The van der Waals surface area contributed by atoms with Crippen LogP contribution in [-0.2, 0) is 0 Å². The lowest BCUT2D eigenvalue weighted by atomic mass is 10.1. The molecule has 0 aliphatic rings. The van der Waals surface area contributed by atoms with Gasteiger partial charge in [-0.2, -0.15) is 11.3 Å². The van der Waals surface area contributed by atoms with Crippen molar-refractivity contribution in [3.63, 3.8) is 0 Å². The molecule has 106 valence electrons. The summed E-state index contributed by atoms with van der Waals surface area (Å²) in [4.78, 5) is 15.0. The van der Waals surface area contributed by atoms with E-state index in [2.05, 4.69) is 28.7 Å². The highest BCUT2D eigenvalue weighted by atomic mass is 32.1. The van der Waals surface area contributed by atoms with E-state index in [0.717, 1.165) is 5.69 Å². The summed E-state index contributed by atoms with van der Waals surface area (Å²) in [5.74, 6) is 0. The van der Waals surface area contributed by atoms with Crippen molar-refractivity contribution in [1.29, 1.82) is 0 Å². The first-order chi connectivity index (χ1) is 10.2. The fourth-order valence-corrected chi connectivity index (χ4v) is 3.03. The molecule has 2 aromatic heterocycles. The van der Waals surface area contributed by atoms with Gasteiger partial charge in [0.15, 0.2) is 0 Å². The molecule has 0 fully saturated rings. The van der Waals surface area contributed by atoms with Crippen molar-refractivity contribution in [2.45, 2.75) is 13.0 Å². The number of nitrogens with zero attached hydrogens (tertiary/aromatic N) is 2. The highest BCUT2D eigenvalue weighted by molar-refractivity contribution is 7.08. The first kappa shape index (κ1) is 13.5. The molecule has 0 spiro atoms. The van der Waals surface area contributed by atoms with Gasteiger partial charge >= 0.3 is 0 Å². The van der Waals surface area contributed by atoms with Gasteiger partial charge in [-0.25, -0.2) is 0 Å². The first-order valence-electron chi connectivity index (χ1n) is 6.47. The highest BCUT2D eigenvalue weighted by Crippen LogP contribution is 2.32. The lowest BCUT2D eigenvalue weighted by Crippen LogP contribution is -2.06. The maximum atomic E-state index is 11.1. The van der Waals surface area contributed by atoms with Crippen LogP contribution in [0.3, 0.4) is 0 Å². The number of nitro benzene ring substituents is 1. The third-order valence-corrected chi connectivity index (χ3v) is 4.06. The van der Waals surface area contributed by atoms with E-state index in [1.807, 2.05) is 5.38 Å². The first-order valence-corrected chi connectivity index (χ1v) is 7.42. The van der Waals surface area contributed by atoms with Crippen molar-refractivity contribution < 1.29 is 4.92 Å². The number of anilines is 1. The number of hydrogen-bond acceptors (Lipinski definition) is 5. The second kappa shape index (κ2) is 5.49. The zero-order valence-corrected chi connectivity index (χ0v) is 12.1. The molecule has 0 amide bonds. The molecule has 0 aliphatic heterocycles. The summed E-state index contributed by atoms with van der Waals surface area (Å²) in [5, 5.41) is 19.1. The van der Waals surface area contributed by atoms with E-state index in [-0.39, 0.29) is 16.7 Å². The second-order valence-electron chi connectivity index (χ2n) is 4.71. The number of hydrogen-bond donors (Lipinski definition) is 1. The quantitative estimate of drug-likeness (QED) is 0.573. The maximum absolute atomic E-state index is 11.1. The Bertz CT molecular complexity index is 787. The zero-order valence-electron chi connectivity index (χ0n) is 11.3. The van der Waals surface area contributed by atoms with E-state index in [0.29, 0.717) is 10.9 Å². The van der Waals surface area contributed by atoms with E-state index in [9.17, 15) is 10.1 Å². The van der Waals surface area contributed by atoms with Gasteiger partial charge in [-0.05, 0) is 47.5 Å². The van der Waals surface area contributed by atoms with Crippen molar-refractivity contribution in [1.82, 2.24) is 4.98 Å². The molecule has 0 bridgehead atoms. The molecule has 21 heavy (non-hydrogen) atoms. The molecular weight excluding hydrogens is 286 g/mol. The van der Waals surface area contributed by atoms with E-state index in [1.165, 1.54) is 11.6 Å². The van der Waals surface area contributed by atoms with Crippen molar-refractivity contribution >= 4 is 33.6 Å². The van der Waals surface area contributed by atoms with Gasteiger partial charge in [0.05, 0.1) is 16.0 Å². The van der Waals surface area contributed by atoms with E-state index < -0.39 is 0 Å². The number of pyridine rings is 1. The fourth-order valence-electron chi connectivity index (χ4n) is 2.27. The molecule has 1 N–H and O–H groups in total. The van der Waals surface area contributed by atoms with Crippen molar-refractivity contribution in [3.05, 3.63) is 63.0 Å². The van der Waals surface area contributed by atoms with Crippen molar-refractivity contribution in [2.75, 3.05) is 5.32 Å². The molecule has 5 nitrogen and oxygen atoms in total. The number of non-ortho nitro benzene ring substituents is 1. The monoisotopic (exact) mass is 299 g/mol. The Balaban J connectivity index is 2.04. The van der Waals surface area contributed by atoms with E-state index in [1.54, 1.807) is 35.7 Å². The molecule has 0 saturated carbocycles. The Kier molecular flexibility index (Phi) is 3.53. The Labute approximate surface area is 125 Å². The van der Waals surface area contributed by atoms with E-state index >= 15 is 0 Å². The van der Waals surface area contributed by atoms with Crippen LogP contribution in [0.4, 0.5) is 11.4 Å². The number of nitrogens with one attached hydrogen (secondary N) is 1. The number of fused-ring (bicyclic) bond motifs is 1. The SMILES string of the molecule is CC(Nc1ccc([N+](=O)[O-])c2cccnc12)c1ccsc1. The molecule has 1 unspecified atom stereocenters. The number of nitro groups is 1. The van der Waals surface area contributed by atoms with Crippen LogP contribution in [-0.4, -0.2) is 9.91 Å². The molecule has 6 heteroatoms. The van der Waals surface area contributed by atoms with Gasteiger partial charge in [0.2, 0.25) is 0 Å². The van der Waals surface area contributed by atoms with Crippen LogP contribution in [0.5, 0.6) is 0 Å². The standard InChI is InChI=1S/C15H13N3O2S/c1-10(11-6-8-21-9-11)17-13-4-5-14(18(19)20)12-3-2-7-16-15(12)13/h2-10,17H,1H3. The summed E-state index contributed by atoms with van der Waals surface area (Å²) >= 11 is 1.64. The van der Waals surface area contributed by atoms with Gasteiger partial charge in [-0.1, -0.05) is 0 Å². The fraction of sp³-hybridized carbons (Fsp3) is 0.133. The molecule has 0 radical (unpaired) electrons. The summed E-state index contributed by atoms with van der Waals surface area (Å²) in [6, 6.07) is 8.84. The van der Waals surface area contributed by atoms with Crippen LogP contribution >= 0.6 is 11.3 Å². The number of aromatic nitrogens is 1. The third-order valence-electron chi connectivity index (χ3n) is 3.36. The largest absolute Gasteiger partial charge is 0.377 e. The lowest BCUT2D eigenvalue weighted by Gasteiger charge is -2.15. The number of rotatable bonds is 4. The highest BCUT2D eigenvalue weighted by Gasteiger charge is 2.16. The Morgan fingerprint density at radius 2 is 2.19 bits per heavy atom. The molecule has 0 aliphatic carbocycles. The molecule has 3 aromatic rings. The molecule has 1 atom stereocenters. The van der Waals surface area contributed by atoms with Gasteiger partial charge in [-0.15, -0.1) is 0 Å². The summed E-state index contributed by atoms with van der Waals surface area (Å²) in [7, 11) is 0. The van der Waals surface area contributed by atoms with Crippen LogP contribution in [0.1, 0.15) is 18.5 Å². The Hall–Kier alpha value is -2.47. The van der Waals surface area contributed by atoms with E-state index in [4.69, 9.17) is 0 Å². The summed E-state index contributed by atoms with van der Waals surface area (Å²) in [6.45, 7) is 2.05. The minimum Gasteiger partial charge on any atom is -0.377 e. The second-order valence-corrected chi connectivity index (χ2v) is 5.49. The molecule has 3 rings (SSSR count). The zero-order chi connectivity index (χ0) is 14.8. The third kappa shape index (κ3) is 2.57. The van der Waals surface area contributed by atoms with Crippen LogP contribution in [0.15, 0.2) is 47.3 Å². The van der Waals surface area contributed by atoms with Crippen LogP contribution < -0.4 is 5.32 Å². The van der Waals surface area contributed by atoms with Crippen LogP contribution in [0, 0.1) is 10.1 Å². The topological polar surface area (TPSA) is 68.1 Å². The minimum atomic E-state index is -0.379. The number of thiophene rings is 1. The van der Waals surface area contributed by atoms with Crippen LogP contribution in [0.25, 0.3) is 10.9 Å². The molecule has 1 aromatic carbocycles. The molecule has 0 saturated heterocycles. The lowest BCUT2D eigenvalue weighted by molar-refractivity contribution is -0.383. The summed E-state index contributed by atoms with van der Waals surface area (Å²) in [6.07, 6.45) is 1.65. The van der Waals surface area contributed by atoms with Gasteiger partial charge in [0.25, 0.3) is 5.69 Å². The van der Waals surface area contributed by atoms with Gasteiger partial charge < -0.3 is 5.32 Å². The van der Waals surface area contributed by atoms with Gasteiger partial charge in [0, 0.05) is 18.3 Å². The van der Waals surface area contributed by atoms with Crippen molar-refractivity contribution in [2.24, 2.45) is 0 Å². The predicted molar refractivity (Wildman–Crippen MR) is 84.8 cm³/mol. The number of benzene rings is 1. The van der Waals surface area contributed by atoms with Crippen molar-refractivity contribution in [3.8, 4) is 0 Å². The Morgan fingerprint density at radius 3 is 2.90 bits per heavy atom. The predicted octanol–water partition coefficient (Wildman–Crippen LogP) is 4.38. The van der Waals surface area contributed by atoms with Gasteiger partial charge in [-0.3, -0.25) is 15.1 Å². The summed E-state index contributed by atoms with van der Waals surface area (Å²) < 4.78 is 0. The normalized spacial score (nSPS) is 12.2. The average molecular weight is 299 g/mol. The molecule has 2 heterocycles. The van der Waals surface area contributed by atoms with Gasteiger partial charge in [0.1, 0.15) is 5.52 Å².